The van der Waals surface area contributed by atoms with Crippen LogP contribution < -0.4 is 5.32 Å². The van der Waals surface area contributed by atoms with E-state index in [1.807, 2.05) is 11.3 Å². The summed E-state index contributed by atoms with van der Waals surface area (Å²) in [5, 5.41) is 6.96. The Bertz CT molecular complexity index is 348. The third-order valence-electron chi connectivity index (χ3n) is 3.23. The fourth-order valence-electron chi connectivity index (χ4n) is 2.27. The molecule has 0 amide bonds. The Balaban J connectivity index is 1.92. The highest BCUT2D eigenvalue weighted by Gasteiger charge is 2.21. The van der Waals surface area contributed by atoms with E-state index in [9.17, 15) is 0 Å². The lowest BCUT2D eigenvalue weighted by Gasteiger charge is -2.28. The molecule has 1 aliphatic rings. The van der Waals surface area contributed by atoms with Crippen LogP contribution >= 0.6 is 11.3 Å². The fourth-order valence-corrected chi connectivity index (χ4v) is 3.22. The van der Waals surface area contributed by atoms with E-state index in [4.69, 9.17) is 4.98 Å². The molecule has 2 heterocycles. The van der Waals surface area contributed by atoms with Crippen LogP contribution in [0.3, 0.4) is 0 Å². The predicted octanol–water partition coefficient (Wildman–Crippen LogP) is 2.45. The highest BCUT2D eigenvalue weighted by atomic mass is 32.1. The molecule has 0 spiro atoms. The normalized spacial score (nSPS) is 22.2. The summed E-state index contributed by atoms with van der Waals surface area (Å²) >= 11 is 1.83. The molecule has 1 atom stereocenters. The van der Waals surface area contributed by atoms with Crippen molar-refractivity contribution in [1.29, 1.82) is 0 Å². The zero-order valence-electron chi connectivity index (χ0n) is 11.1. The third-order valence-corrected chi connectivity index (χ3v) is 4.29. The number of aromatic nitrogens is 1. The monoisotopic (exact) mass is 253 g/mol. The van der Waals surface area contributed by atoms with Crippen molar-refractivity contribution in [2.24, 2.45) is 0 Å². The van der Waals surface area contributed by atoms with Crippen molar-refractivity contribution in [2.75, 3.05) is 20.1 Å². The minimum Gasteiger partial charge on any atom is -0.309 e. The molecule has 1 aromatic rings. The number of nitrogens with zero attached hydrogens (tertiary/aromatic N) is 2. The van der Waals surface area contributed by atoms with Crippen molar-refractivity contribution in [3.05, 3.63) is 16.1 Å². The van der Waals surface area contributed by atoms with Gasteiger partial charge in [0.05, 0.1) is 10.7 Å². The molecular formula is C13H23N3S. The van der Waals surface area contributed by atoms with Crippen LogP contribution in [0, 0.1) is 0 Å². The van der Waals surface area contributed by atoms with Gasteiger partial charge in [-0.05, 0) is 26.4 Å². The largest absolute Gasteiger partial charge is 0.309 e. The first-order chi connectivity index (χ1) is 8.15. The lowest BCUT2D eigenvalue weighted by atomic mass is 9.99. The average molecular weight is 253 g/mol. The number of piperidine rings is 1. The standard InChI is InChI=1S/C13H23N3S/c1-10(2)14-7-12-9-17-13(15-12)11-5-4-6-16(3)8-11/h9-11,14H,4-8H2,1-3H3. The lowest BCUT2D eigenvalue weighted by Crippen LogP contribution is -2.30. The number of likely N-dealkylation sites (tertiary alicyclic amines) is 1. The van der Waals surface area contributed by atoms with Crippen molar-refractivity contribution in [3.63, 3.8) is 0 Å². The number of hydrogen-bond acceptors (Lipinski definition) is 4. The maximum Gasteiger partial charge on any atom is 0.0972 e. The van der Waals surface area contributed by atoms with Crippen LogP contribution in [0.4, 0.5) is 0 Å². The van der Waals surface area contributed by atoms with Crippen molar-refractivity contribution >= 4 is 11.3 Å². The Morgan fingerprint density at radius 2 is 2.41 bits per heavy atom. The highest BCUT2D eigenvalue weighted by Crippen LogP contribution is 2.28. The van der Waals surface area contributed by atoms with Gasteiger partial charge in [-0.1, -0.05) is 13.8 Å². The minimum atomic E-state index is 0.529. The molecule has 96 valence electrons. The summed E-state index contributed by atoms with van der Waals surface area (Å²) in [6.07, 6.45) is 2.61. The molecule has 17 heavy (non-hydrogen) atoms. The van der Waals surface area contributed by atoms with E-state index >= 15 is 0 Å². The van der Waals surface area contributed by atoms with E-state index < -0.39 is 0 Å². The molecule has 0 radical (unpaired) electrons. The minimum absolute atomic E-state index is 0.529. The molecule has 0 aromatic carbocycles. The lowest BCUT2D eigenvalue weighted by molar-refractivity contribution is 0.250. The van der Waals surface area contributed by atoms with Crippen LogP contribution in [0.15, 0.2) is 5.38 Å². The predicted molar refractivity (Wildman–Crippen MR) is 73.6 cm³/mol. The second-order valence-corrected chi connectivity index (χ2v) is 6.20. The molecule has 2 rings (SSSR count). The zero-order chi connectivity index (χ0) is 12.3. The molecule has 0 aliphatic carbocycles. The van der Waals surface area contributed by atoms with Gasteiger partial charge in [-0.15, -0.1) is 11.3 Å². The van der Waals surface area contributed by atoms with Gasteiger partial charge < -0.3 is 10.2 Å². The van der Waals surface area contributed by atoms with E-state index in [1.165, 1.54) is 36.6 Å². The molecule has 0 saturated carbocycles. The van der Waals surface area contributed by atoms with Crippen LogP contribution in [-0.2, 0) is 6.54 Å². The molecule has 1 saturated heterocycles. The van der Waals surface area contributed by atoms with E-state index in [0.717, 1.165) is 6.54 Å². The van der Waals surface area contributed by atoms with Gasteiger partial charge in [0.25, 0.3) is 0 Å². The van der Waals surface area contributed by atoms with Gasteiger partial charge in [-0.2, -0.15) is 0 Å². The number of rotatable bonds is 4. The molecule has 0 bridgehead atoms. The molecule has 1 aromatic heterocycles. The second-order valence-electron chi connectivity index (χ2n) is 5.31. The van der Waals surface area contributed by atoms with Gasteiger partial charge in [-0.3, -0.25) is 0 Å². The Morgan fingerprint density at radius 1 is 1.59 bits per heavy atom. The van der Waals surface area contributed by atoms with E-state index in [0.29, 0.717) is 12.0 Å². The van der Waals surface area contributed by atoms with Crippen molar-refractivity contribution in [2.45, 2.75) is 45.2 Å². The Kier molecular flexibility index (Phi) is 4.54. The Hall–Kier alpha value is -0.450. The van der Waals surface area contributed by atoms with Crippen LogP contribution in [-0.4, -0.2) is 36.1 Å². The molecule has 1 unspecified atom stereocenters. The van der Waals surface area contributed by atoms with E-state index in [-0.39, 0.29) is 0 Å². The first-order valence-electron chi connectivity index (χ1n) is 6.51. The van der Waals surface area contributed by atoms with Gasteiger partial charge in [0.2, 0.25) is 0 Å². The summed E-state index contributed by atoms with van der Waals surface area (Å²) in [5.41, 5.74) is 1.20. The molecule has 1 fully saturated rings. The maximum absolute atomic E-state index is 4.77. The van der Waals surface area contributed by atoms with E-state index in [1.54, 1.807) is 0 Å². The second kappa shape index (κ2) is 5.94. The zero-order valence-corrected chi connectivity index (χ0v) is 11.9. The Labute approximate surface area is 108 Å². The van der Waals surface area contributed by atoms with Crippen LogP contribution in [0.5, 0.6) is 0 Å². The van der Waals surface area contributed by atoms with Gasteiger partial charge >= 0.3 is 0 Å². The summed E-state index contributed by atoms with van der Waals surface area (Å²) in [6, 6.07) is 0.529. The van der Waals surface area contributed by atoms with Gasteiger partial charge in [0.1, 0.15) is 0 Å². The average Bonchev–Trinajstić information content (AvgIpc) is 2.75. The Morgan fingerprint density at radius 3 is 3.12 bits per heavy atom. The molecule has 1 aliphatic heterocycles. The summed E-state index contributed by atoms with van der Waals surface area (Å²) < 4.78 is 0. The summed E-state index contributed by atoms with van der Waals surface area (Å²) in [6.45, 7) is 7.65. The quantitative estimate of drug-likeness (QED) is 0.893. The number of nitrogens with one attached hydrogen (secondary N) is 1. The number of hydrogen-bond donors (Lipinski definition) is 1. The van der Waals surface area contributed by atoms with Crippen LogP contribution in [0.1, 0.15) is 43.3 Å². The number of likely N-dealkylation sites (N-methyl/N-ethyl adjacent to an activating group) is 1. The van der Waals surface area contributed by atoms with Gasteiger partial charge in [-0.25, -0.2) is 4.98 Å². The van der Waals surface area contributed by atoms with Crippen LogP contribution in [0.25, 0.3) is 0 Å². The van der Waals surface area contributed by atoms with Crippen molar-refractivity contribution < 1.29 is 0 Å². The van der Waals surface area contributed by atoms with Crippen LogP contribution in [0.2, 0.25) is 0 Å². The summed E-state index contributed by atoms with van der Waals surface area (Å²) in [7, 11) is 2.21. The van der Waals surface area contributed by atoms with Crippen molar-refractivity contribution in [3.8, 4) is 0 Å². The van der Waals surface area contributed by atoms with Crippen molar-refractivity contribution in [1.82, 2.24) is 15.2 Å². The molecule has 3 nitrogen and oxygen atoms in total. The van der Waals surface area contributed by atoms with E-state index in [2.05, 4.69) is 36.5 Å². The highest BCUT2D eigenvalue weighted by molar-refractivity contribution is 7.09. The third kappa shape index (κ3) is 3.76. The number of thiazole rings is 1. The molecule has 4 heteroatoms. The summed E-state index contributed by atoms with van der Waals surface area (Å²) in [5.74, 6) is 0.659. The molecular weight excluding hydrogens is 230 g/mol. The fraction of sp³-hybridized carbons (Fsp3) is 0.769. The SMILES string of the molecule is CC(C)NCc1csc(C2CCCN(C)C2)n1. The smallest absolute Gasteiger partial charge is 0.0972 e. The molecule has 1 N–H and O–H groups in total. The van der Waals surface area contributed by atoms with Gasteiger partial charge in [0, 0.05) is 30.4 Å². The van der Waals surface area contributed by atoms with Gasteiger partial charge in [0.15, 0.2) is 0 Å². The first kappa shape index (κ1) is 13.0. The maximum atomic E-state index is 4.77. The summed E-state index contributed by atoms with van der Waals surface area (Å²) in [4.78, 5) is 7.19. The topological polar surface area (TPSA) is 28.2 Å². The first-order valence-corrected chi connectivity index (χ1v) is 7.39.